The molecule has 5 heteroatoms. The average Bonchev–Trinajstić information content (AvgIpc) is 2.75. The van der Waals surface area contributed by atoms with Gasteiger partial charge in [0.25, 0.3) is 0 Å². The minimum Gasteiger partial charge on any atom is -0.480 e. The third-order valence-electron chi connectivity index (χ3n) is 4.30. The van der Waals surface area contributed by atoms with Gasteiger partial charge in [-0.15, -0.1) is 0 Å². The molecule has 1 saturated heterocycles. The minimum absolute atomic E-state index is 0.196. The van der Waals surface area contributed by atoms with E-state index in [2.05, 4.69) is 19.2 Å². The van der Waals surface area contributed by atoms with Crippen LogP contribution in [0.2, 0.25) is 0 Å². The van der Waals surface area contributed by atoms with Gasteiger partial charge in [0, 0.05) is 12.6 Å². The largest absolute Gasteiger partial charge is 0.480 e. The first-order valence-corrected chi connectivity index (χ1v) is 7.27. The van der Waals surface area contributed by atoms with Gasteiger partial charge in [-0.25, -0.2) is 9.59 Å². The summed E-state index contributed by atoms with van der Waals surface area (Å²) in [6.45, 7) is 4.98. The molecule has 0 radical (unpaired) electrons. The first kappa shape index (κ1) is 14.2. The first-order valence-electron chi connectivity index (χ1n) is 7.27. The van der Waals surface area contributed by atoms with E-state index in [4.69, 9.17) is 5.11 Å². The Morgan fingerprint density at radius 2 is 1.79 bits per heavy atom. The summed E-state index contributed by atoms with van der Waals surface area (Å²) < 4.78 is 0. The summed E-state index contributed by atoms with van der Waals surface area (Å²) in [5, 5.41) is 12.1. The van der Waals surface area contributed by atoms with Gasteiger partial charge in [-0.1, -0.05) is 13.8 Å². The van der Waals surface area contributed by atoms with E-state index in [1.807, 2.05) is 0 Å². The van der Waals surface area contributed by atoms with Crippen molar-refractivity contribution in [2.24, 2.45) is 11.8 Å². The standard InChI is InChI=1S/C14H24N2O3/c1-9-6-10(2)8-11(7-9)15-14(19)16-5-3-4-12(16)13(17)18/h9-12H,3-8H2,1-2H3,(H,15,19)(H,17,18). The average molecular weight is 268 g/mol. The van der Waals surface area contributed by atoms with Crippen molar-refractivity contribution < 1.29 is 14.7 Å². The fourth-order valence-corrected chi connectivity index (χ4v) is 3.59. The number of hydrogen-bond acceptors (Lipinski definition) is 2. The van der Waals surface area contributed by atoms with Crippen molar-refractivity contribution in [1.29, 1.82) is 0 Å². The molecule has 3 atom stereocenters. The molecule has 1 heterocycles. The molecule has 5 nitrogen and oxygen atoms in total. The second-order valence-electron chi connectivity index (χ2n) is 6.25. The molecule has 108 valence electrons. The zero-order valence-electron chi connectivity index (χ0n) is 11.8. The lowest BCUT2D eigenvalue weighted by Gasteiger charge is -2.33. The van der Waals surface area contributed by atoms with Crippen LogP contribution in [0.25, 0.3) is 0 Å². The van der Waals surface area contributed by atoms with Gasteiger partial charge in [0.05, 0.1) is 0 Å². The zero-order valence-corrected chi connectivity index (χ0v) is 11.8. The van der Waals surface area contributed by atoms with Crippen molar-refractivity contribution in [1.82, 2.24) is 10.2 Å². The summed E-state index contributed by atoms with van der Waals surface area (Å²) in [7, 11) is 0. The number of carboxylic acid groups (broad SMARTS) is 1. The fraction of sp³-hybridized carbons (Fsp3) is 0.857. The number of hydrogen-bond donors (Lipinski definition) is 2. The van der Waals surface area contributed by atoms with Crippen molar-refractivity contribution in [3.63, 3.8) is 0 Å². The molecular formula is C14H24N2O3. The van der Waals surface area contributed by atoms with E-state index in [1.54, 1.807) is 0 Å². The Kier molecular flexibility index (Phi) is 4.32. The van der Waals surface area contributed by atoms with Crippen LogP contribution in [0.5, 0.6) is 0 Å². The summed E-state index contributed by atoms with van der Waals surface area (Å²) in [5.41, 5.74) is 0. The summed E-state index contributed by atoms with van der Waals surface area (Å²) in [5.74, 6) is 0.365. The van der Waals surface area contributed by atoms with Crippen LogP contribution in [0.3, 0.4) is 0 Å². The van der Waals surface area contributed by atoms with E-state index in [1.165, 1.54) is 11.3 Å². The van der Waals surface area contributed by atoms with E-state index in [9.17, 15) is 9.59 Å². The van der Waals surface area contributed by atoms with Crippen LogP contribution in [0.1, 0.15) is 46.0 Å². The van der Waals surface area contributed by atoms with Crippen molar-refractivity contribution in [2.45, 2.75) is 58.0 Å². The van der Waals surface area contributed by atoms with Gasteiger partial charge < -0.3 is 15.3 Å². The Bertz CT molecular complexity index is 349. The first-order chi connectivity index (χ1) is 8.97. The highest BCUT2D eigenvalue weighted by atomic mass is 16.4. The Morgan fingerprint density at radius 3 is 2.37 bits per heavy atom. The number of carbonyl (C=O) groups is 2. The third kappa shape index (κ3) is 3.39. The quantitative estimate of drug-likeness (QED) is 0.805. The van der Waals surface area contributed by atoms with Gasteiger partial charge in [0.15, 0.2) is 0 Å². The lowest BCUT2D eigenvalue weighted by Crippen LogP contribution is -2.50. The fourth-order valence-electron chi connectivity index (χ4n) is 3.59. The molecular weight excluding hydrogens is 244 g/mol. The van der Waals surface area contributed by atoms with E-state index in [0.29, 0.717) is 24.8 Å². The molecule has 0 bridgehead atoms. The predicted molar refractivity (Wildman–Crippen MR) is 71.9 cm³/mol. The SMILES string of the molecule is CC1CC(C)CC(NC(=O)N2CCCC2C(=O)O)C1. The molecule has 2 amide bonds. The van der Waals surface area contributed by atoms with Crippen LogP contribution in [-0.4, -0.2) is 40.6 Å². The third-order valence-corrected chi connectivity index (χ3v) is 4.30. The highest BCUT2D eigenvalue weighted by molar-refractivity contribution is 5.83. The van der Waals surface area contributed by atoms with Crippen molar-refractivity contribution >= 4 is 12.0 Å². The molecule has 0 aromatic rings. The van der Waals surface area contributed by atoms with Gasteiger partial charge in [-0.05, 0) is 43.9 Å². The summed E-state index contributed by atoms with van der Waals surface area (Å²) >= 11 is 0. The van der Waals surface area contributed by atoms with Gasteiger partial charge >= 0.3 is 12.0 Å². The molecule has 0 aromatic heterocycles. The lowest BCUT2D eigenvalue weighted by molar-refractivity contribution is -0.141. The van der Waals surface area contributed by atoms with Crippen molar-refractivity contribution in [2.75, 3.05) is 6.54 Å². The lowest BCUT2D eigenvalue weighted by atomic mass is 9.80. The van der Waals surface area contributed by atoms with E-state index in [0.717, 1.165) is 19.3 Å². The zero-order chi connectivity index (χ0) is 14.0. The number of carbonyl (C=O) groups excluding carboxylic acids is 1. The summed E-state index contributed by atoms with van der Waals surface area (Å²) in [4.78, 5) is 24.8. The summed E-state index contributed by atoms with van der Waals surface area (Å²) in [6.07, 6.45) is 4.57. The molecule has 3 unspecified atom stereocenters. The molecule has 19 heavy (non-hydrogen) atoms. The van der Waals surface area contributed by atoms with Crippen LogP contribution < -0.4 is 5.32 Å². The molecule has 1 aliphatic heterocycles. The molecule has 2 aliphatic rings. The molecule has 0 spiro atoms. The van der Waals surface area contributed by atoms with Crippen LogP contribution >= 0.6 is 0 Å². The molecule has 2 N–H and O–H groups in total. The molecule has 0 aromatic carbocycles. The summed E-state index contributed by atoms with van der Waals surface area (Å²) in [6, 6.07) is -0.643. The van der Waals surface area contributed by atoms with Crippen LogP contribution in [0.4, 0.5) is 4.79 Å². The second kappa shape index (κ2) is 5.80. The monoisotopic (exact) mass is 268 g/mol. The highest BCUT2D eigenvalue weighted by Gasteiger charge is 2.35. The number of aliphatic carboxylic acids is 1. The van der Waals surface area contributed by atoms with E-state index in [-0.39, 0.29) is 12.1 Å². The van der Waals surface area contributed by atoms with Gasteiger partial charge in [-0.3, -0.25) is 0 Å². The molecule has 1 aliphatic carbocycles. The minimum atomic E-state index is -0.891. The van der Waals surface area contributed by atoms with Crippen molar-refractivity contribution in [3.8, 4) is 0 Å². The Morgan fingerprint density at radius 1 is 1.16 bits per heavy atom. The number of urea groups is 1. The van der Waals surface area contributed by atoms with E-state index >= 15 is 0 Å². The highest BCUT2D eigenvalue weighted by Crippen LogP contribution is 2.29. The Labute approximate surface area is 114 Å². The normalized spacial score (nSPS) is 35.2. The predicted octanol–water partition coefficient (Wildman–Crippen LogP) is 2.07. The van der Waals surface area contributed by atoms with Gasteiger partial charge in [0.1, 0.15) is 6.04 Å². The number of nitrogens with one attached hydrogen (secondary N) is 1. The second-order valence-corrected chi connectivity index (χ2v) is 6.25. The Balaban J connectivity index is 1.91. The number of nitrogens with zero attached hydrogens (tertiary/aromatic N) is 1. The van der Waals surface area contributed by atoms with Crippen LogP contribution in [0.15, 0.2) is 0 Å². The smallest absolute Gasteiger partial charge is 0.326 e. The molecule has 2 rings (SSSR count). The maximum absolute atomic E-state index is 12.2. The van der Waals surface area contributed by atoms with Gasteiger partial charge in [-0.2, -0.15) is 0 Å². The van der Waals surface area contributed by atoms with Crippen molar-refractivity contribution in [3.05, 3.63) is 0 Å². The van der Waals surface area contributed by atoms with E-state index < -0.39 is 12.0 Å². The Hall–Kier alpha value is -1.26. The molecule has 1 saturated carbocycles. The maximum Gasteiger partial charge on any atom is 0.326 e. The van der Waals surface area contributed by atoms with Crippen LogP contribution in [-0.2, 0) is 4.79 Å². The number of amides is 2. The molecule has 2 fully saturated rings. The topological polar surface area (TPSA) is 69.6 Å². The van der Waals surface area contributed by atoms with Gasteiger partial charge in [0.2, 0.25) is 0 Å². The van der Waals surface area contributed by atoms with Crippen LogP contribution in [0, 0.1) is 11.8 Å². The number of rotatable bonds is 2. The maximum atomic E-state index is 12.2. The number of likely N-dealkylation sites (tertiary alicyclic amines) is 1. The number of carboxylic acids is 1.